The van der Waals surface area contributed by atoms with E-state index < -0.39 is 0 Å². The molecule has 4 rings (SSSR count). The van der Waals surface area contributed by atoms with Crippen LogP contribution in [0.15, 0.2) is 59.3 Å². The molecule has 0 spiro atoms. The van der Waals surface area contributed by atoms with Crippen LogP contribution in [0.3, 0.4) is 0 Å². The average molecular weight is 392 g/mol. The van der Waals surface area contributed by atoms with Crippen molar-refractivity contribution in [3.63, 3.8) is 0 Å². The van der Waals surface area contributed by atoms with Crippen molar-refractivity contribution in [3.05, 3.63) is 81.5 Å². The van der Waals surface area contributed by atoms with Gasteiger partial charge in [-0.2, -0.15) is 11.3 Å². The Bertz CT molecular complexity index is 1010. The molecule has 3 aromatic rings. The number of nitrogens with one attached hydrogen (secondary N) is 1. The maximum Gasteiger partial charge on any atom is 0.259 e. The molecule has 0 bridgehead atoms. The van der Waals surface area contributed by atoms with Crippen molar-refractivity contribution in [2.75, 3.05) is 19.0 Å². The highest BCUT2D eigenvalue weighted by Gasteiger charge is 2.22. The second-order valence-electron chi connectivity index (χ2n) is 6.63. The van der Waals surface area contributed by atoms with Gasteiger partial charge in [0.2, 0.25) is 0 Å². The summed E-state index contributed by atoms with van der Waals surface area (Å²) in [6.07, 6.45) is 0.811. The molecule has 5 nitrogen and oxygen atoms in total. The molecule has 0 unspecified atom stereocenters. The summed E-state index contributed by atoms with van der Waals surface area (Å²) in [6.45, 7) is 1.25. The minimum Gasteiger partial charge on any atom is -0.496 e. The van der Waals surface area contributed by atoms with Crippen molar-refractivity contribution < 1.29 is 14.3 Å². The van der Waals surface area contributed by atoms with Crippen LogP contribution in [0.2, 0.25) is 0 Å². The van der Waals surface area contributed by atoms with Crippen molar-refractivity contribution in [1.82, 2.24) is 4.90 Å². The maximum atomic E-state index is 12.6. The summed E-state index contributed by atoms with van der Waals surface area (Å²) in [5.74, 6) is 0.361. The Morgan fingerprint density at radius 3 is 2.75 bits per heavy atom. The number of nitrogens with zero attached hydrogens (tertiary/aromatic N) is 1. The molecule has 0 radical (unpaired) electrons. The zero-order valence-electron chi connectivity index (χ0n) is 15.5. The quantitative estimate of drug-likeness (QED) is 0.724. The molecular formula is C22H20N2O3S. The minimum atomic E-state index is -0.223. The van der Waals surface area contributed by atoms with E-state index >= 15 is 0 Å². The number of thiophene rings is 1. The first kappa shape index (κ1) is 18.3. The van der Waals surface area contributed by atoms with Crippen LogP contribution in [0.4, 0.5) is 5.69 Å². The van der Waals surface area contributed by atoms with E-state index in [0.717, 1.165) is 17.5 Å². The van der Waals surface area contributed by atoms with Crippen LogP contribution in [-0.4, -0.2) is 30.4 Å². The lowest BCUT2D eigenvalue weighted by molar-refractivity contribution is 0.0735. The Hall–Kier alpha value is -3.12. The van der Waals surface area contributed by atoms with Gasteiger partial charge >= 0.3 is 0 Å². The number of rotatable bonds is 4. The number of carbonyl (C=O) groups is 2. The number of fused-ring (bicyclic) bond motifs is 1. The molecule has 6 heteroatoms. The Morgan fingerprint density at radius 1 is 1.11 bits per heavy atom. The molecule has 0 fully saturated rings. The number of hydrogen-bond donors (Lipinski definition) is 1. The number of anilines is 1. The molecule has 142 valence electrons. The first-order valence-corrected chi connectivity index (χ1v) is 9.97. The second-order valence-corrected chi connectivity index (χ2v) is 7.41. The number of methoxy groups -OCH3 is 1. The van der Waals surface area contributed by atoms with E-state index in [1.165, 1.54) is 16.9 Å². The highest BCUT2D eigenvalue weighted by Crippen LogP contribution is 2.25. The van der Waals surface area contributed by atoms with Crippen LogP contribution in [-0.2, 0) is 13.0 Å². The number of para-hydroxylation sites is 1. The molecule has 28 heavy (non-hydrogen) atoms. The third-order valence-electron chi connectivity index (χ3n) is 4.88. The molecule has 1 aromatic heterocycles. The normalized spacial score (nSPS) is 13.0. The Kier molecular flexibility index (Phi) is 5.12. The fraction of sp³-hybridized carbons (Fsp3) is 0.182. The van der Waals surface area contributed by atoms with Crippen molar-refractivity contribution in [3.8, 4) is 5.75 Å². The first-order chi connectivity index (χ1) is 13.7. The Labute approximate surface area is 167 Å². The average Bonchev–Trinajstić information content (AvgIpc) is 3.27. The molecule has 1 aliphatic heterocycles. The predicted molar refractivity (Wildman–Crippen MR) is 110 cm³/mol. The summed E-state index contributed by atoms with van der Waals surface area (Å²) in [4.78, 5) is 27.1. The molecule has 0 atom stereocenters. The standard InChI is InChI=1S/C22H20N2O3S/c1-27-20-5-3-2-4-19(20)21(25)23-18-7-6-15-8-10-24(13-17(15)12-18)22(26)16-9-11-28-14-16/h2-7,9,11-12,14H,8,10,13H2,1H3,(H,23,25). The smallest absolute Gasteiger partial charge is 0.259 e. The van der Waals surface area contributed by atoms with Crippen molar-refractivity contribution in [2.45, 2.75) is 13.0 Å². The van der Waals surface area contributed by atoms with Gasteiger partial charge in [-0.15, -0.1) is 0 Å². The van der Waals surface area contributed by atoms with Crippen LogP contribution < -0.4 is 10.1 Å². The van der Waals surface area contributed by atoms with Gasteiger partial charge in [0.05, 0.1) is 18.2 Å². The van der Waals surface area contributed by atoms with E-state index in [0.29, 0.717) is 30.1 Å². The van der Waals surface area contributed by atoms with E-state index in [9.17, 15) is 9.59 Å². The van der Waals surface area contributed by atoms with Gasteiger partial charge in [0.15, 0.2) is 0 Å². The van der Waals surface area contributed by atoms with E-state index in [1.54, 1.807) is 25.3 Å². The van der Waals surface area contributed by atoms with Gasteiger partial charge in [0.25, 0.3) is 11.8 Å². The van der Waals surface area contributed by atoms with Gasteiger partial charge in [0, 0.05) is 24.2 Å². The van der Waals surface area contributed by atoms with Gasteiger partial charge in [-0.1, -0.05) is 18.2 Å². The first-order valence-electron chi connectivity index (χ1n) is 9.03. The lowest BCUT2D eigenvalue weighted by Crippen LogP contribution is -2.35. The molecule has 2 aromatic carbocycles. The molecule has 1 aliphatic rings. The predicted octanol–water partition coefficient (Wildman–Crippen LogP) is 4.21. The number of amides is 2. The van der Waals surface area contributed by atoms with E-state index in [2.05, 4.69) is 5.32 Å². The zero-order chi connectivity index (χ0) is 19.5. The van der Waals surface area contributed by atoms with Crippen LogP contribution in [0.5, 0.6) is 5.75 Å². The molecule has 0 aliphatic carbocycles. The summed E-state index contributed by atoms with van der Waals surface area (Å²) in [5, 5.41) is 6.72. The summed E-state index contributed by atoms with van der Waals surface area (Å²) < 4.78 is 5.27. The van der Waals surface area contributed by atoms with E-state index in [-0.39, 0.29) is 11.8 Å². The Balaban J connectivity index is 1.52. The molecular weight excluding hydrogens is 372 g/mol. The number of hydrogen-bond acceptors (Lipinski definition) is 4. The SMILES string of the molecule is COc1ccccc1C(=O)Nc1ccc2c(c1)CN(C(=O)c1ccsc1)CC2. The number of ether oxygens (including phenoxy) is 1. The van der Waals surface area contributed by atoms with Gasteiger partial charge in [0.1, 0.15) is 5.75 Å². The van der Waals surface area contributed by atoms with Crippen LogP contribution in [0.1, 0.15) is 31.8 Å². The van der Waals surface area contributed by atoms with E-state index in [1.807, 2.05) is 46.0 Å². The van der Waals surface area contributed by atoms with Crippen molar-refractivity contribution in [2.24, 2.45) is 0 Å². The number of benzene rings is 2. The lowest BCUT2D eigenvalue weighted by atomic mass is 9.98. The van der Waals surface area contributed by atoms with Crippen LogP contribution in [0, 0.1) is 0 Å². The van der Waals surface area contributed by atoms with Gasteiger partial charge in [-0.05, 0) is 53.3 Å². The summed E-state index contributed by atoms with van der Waals surface area (Å²) in [5.41, 5.74) is 4.20. The number of carbonyl (C=O) groups excluding carboxylic acids is 2. The van der Waals surface area contributed by atoms with Gasteiger partial charge in [-0.3, -0.25) is 9.59 Å². The highest BCUT2D eigenvalue weighted by atomic mass is 32.1. The fourth-order valence-corrected chi connectivity index (χ4v) is 4.04. The summed E-state index contributed by atoms with van der Waals surface area (Å²) in [7, 11) is 1.55. The van der Waals surface area contributed by atoms with Gasteiger partial charge < -0.3 is 15.0 Å². The fourth-order valence-electron chi connectivity index (χ4n) is 3.41. The highest BCUT2D eigenvalue weighted by molar-refractivity contribution is 7.08. The second kappa shape index (κ2) is 7.86. The lowest BCUT2D eigenvalue weighted by Gasteiger charge is -2.29. The molecule has 0 saturated heterocycles. The molecule has 2 amide bonds. The summed E-state index contributed by atoms with van der Waals surface area (Å²) >= 11 is 1.52. The zero-order valence-corrected chi connectivity index (χ0v) is 16.3. The molecule has 0 saturated carbocycles. The third kappa shape index (κ3) is 3.64. The van der Waals surface area contributed by atoms with Crippen molar-refractivity contribution in [1.29, 1.82) is 0 Å². The van der Waals surface area contributed by atoms with Crippen LogP contribution in [0.25, 0.3) is 0 Å². The monoisotopic (exact) mass is 392 g/mol. The Morgan fingerprint density at radius 2 is 1.96 bits per heavy atom. The van der Waals surface area contributed by atoms with E-state index in [4.69, 9.17) is 4.74 Å². The maximum absolute atomic E-state index is 12.6. The molecule has 1 N–H and O–H groups in total. The third-order valence-corrected chi connectivity index (χ3v) is 5.57. The van der Waals surface area contributed by atoms with Gasteiger partial charge in [-0.25, -0.2) is 0 Å². The van der Waals surface area contributed by atoms with Crippen molar-refractivity contribution >= 4 is 28.8 Å². The largest absolute Gasteiger partial charge is 0.496 e. The minimum absolute atomic E-state index is 0.0513. The molecule has 2 heterocycles. The van der Waals surface area contributed by atoms with Crippen LogP contribution >= 0.6 is 11.3 Å². The topological polar surface area (TPSA) is 58.6 Å². The summed E-state index contributed by atoms with van der Waals surface area (Å²) in [6, 6.07) is 14.9.